The standard InChI is InChI=1S/C21H31F3O/c1-12-6-8-19(2)13(10-12)4-5-14-15(19)7-9-20(3)16(14)11-17(18(20)25)21(22,23)24/h12-17H,4-11H2,1-3H3/t12?,13?,14-,15-,16+,17?,19+,20+/m1/s1. The number of carbonyl (C=O) groups is 1. The second-order valence-corrected chi connectivity index (χ2v) is 10.2. The van der Waals surface area contributed by atoms with Gasteiger partial charge >= 0.3 is 6.18 Å². The molecular weight excluding hydrogens is 325 g/mol. The Morgan fingerprint density at radius 3 is 2.36 bits per heavy atom. The summed E-state index contributed by atoms with van der Waals surface area (Å²) >= 11 is 0. The van der Waals surface area contributed by atoms with Crippen LogP contribution < -0.4 is 0 Å². The molecule has 3 unspecified atom stereocenters. The van der Waals surface area contributed by atoms with E-state index >= 15 is 0 Å². The molecule has 4 aliphatic carbocycles. The van der Waals surface area contributed by atoms with Gasteiger partial charge in [0.2, 0.25) is 0 Å². The van der Waals surface area contributed by atoms with Gasteiger partial charge in [-0.2, -0.15) is 13.2 Å². The monoisotopic (exact) mass is 356 g/mol. The molecule has 0 amide bonds. The van der Waals surface area contributed by atoms with Crippen LogP contribution in [-0.4, -0.2) is 12.0 Å². The van der Waals surface area contributed by atoms with Gasteiger partial charge in [0.1, 0.15) is 5.92 Å². The minimum Gasteiger partial charge on any atom is -0.298 e. The van der Waals surface area contributed by atoms with Gasteiger partial charge < -0.3 is 0 Å². The molecule has 1 nitrogen and oxygen atoms in total. The van der Waals surface area contributed by atoms with Gasteiger partial charge in [0, 0.05) is 5.41 Å². The van der Waals surface area contributed by atoms with Gasteiger partial charge in [-0.1, -0.05) is 27.2 Å². The van der Waals surface area contributed by atoms with E-state index in [1.165, 1.54) is 19.3 Å². The molecule has 4 aliphatic rings. The van der Waals surface area contributed by atoms with Crippen molar-refractivity contribution in [3.63, 3.8) is 0 Å². The Morgan fingerprint density at radius 1 is 0.960 bits per heavy atom. The summed E-state index contributed by atoms with van der Waals surface area (Å²) in [7, 11) is 0. The summed E-state index contributed by atoms with van der Waals surface area (Å²) in [4.78, 5) is 12.7. The van der Waals surface area contributed by atoms with E-state index < -0.39 is 23.3 Å². The fourth-order valence-corrected chi connectivity index (χ4v) is 7.57. The van der Waals surface area contributed by atoms with Crippen molar-refractivity contribution < 1.29 is 18.0 Å². The molecule has 0 N–H and O–H groups in total. The molecule has 0 saturated heterocycles. The average molecular weight is 356 g/mol. The van der Waals surface area contributed by atoms with Crippen LogP contribution >= 0.6 is 0 Å². The maximum Gasteiger partial charge on any atom is 0.398 e. The Bertz CT molecular complexity index is 570. The van der Waals surface area contributed by atoms with Crippen LogP contribution in [0.1, 0.15) is 72.1 Å². The Hall–Kier alpha value is -0.540. The number of hydrogen-bond acceptors (Lipinski definition) is 1. The van der Waals surface area contributed by atoms with Crippen molar-refractivity contribution >= 4 is 5.78 Å². The molecule has 0 spiro atoms. The summed E-state index contributed by atoms with van der Waals surface area (Å²) in [6, 6.07) is 0. The van der Waals surface area contributed by atoms with E-state index in [0.29, 0.717) is 18.3 Å². The maximum atomic E-state index is 13.4. The smallest absolute Gasteiger partial charge is 0.298 e. The number of hydrogen-bond donors (Lipinski definition) is 0. The lowest BCUT2D eigenvalue weighted by molar-refractivity contribution is -0.180. The zero-order valence-corrected chi connectivity index (χ0v) is 15.7. The van der Waals surface area contributed by atoms with Crippen LogP contribution in [0.5, 0.6) is 0 Å². The Kier molecular flexibility index (Phi) is 3.92. The highest BCUT2D eigenvalue weighted by Crippen LogP contribution is 2.67. The molecule has 0 aromatic carbocycles. The highest BCUT2D eigenvalue weighted by atomic mass is 19.4. The third kappa shape index (κ3) is 2.45. The number of rotatable bonds is 0. The highest BCUT2D eigenvalue weighted by Gasteiger charge is 2.66. The summed E-state index contributed by atoms with van der Waals surface area (Å²) in [6.07, 6.45) is 3.26. The third-order valence-corrected chi connectivity index (χ3v) is 9.08. The average Bonchev–Trinajstić information content (AvgIpc) is 2.80. The fraction of sp³-hybridized carbons (Fsp3) is 0.952. The van der Waals surface area contributed by atoms with Crippen molar-refractivity contribution in [1.82, 2.24) is 0 Å². The summed E-state index contributed by atoms with van der Waals surface area (Å²) in [5, 5.41) is 0. The van der Waals surface area contributed by atoms with E-state index in [9.17, 15) is 18.0 Å². The minimum absolute atomic E-state index is 0.0527. The quantitative estimate of drug-likeness (QED) is 0.518. The van der Waals surface area contributed by atoms with E-state index in [0.717, 1.165) is 31.1 Å². The predicted octanol–water partition coefficient (Wildman–Crippen LogP) is 6.02. The molecule has 0 aliphatic heterocycles. The van der Waals surface area contributed by atoms with Crippen LogP contribution in [0.25, 0.3) is 0 Å². The van der Waals surface area contributed by atoms with Gasteiger partial charge in [0.15, 0.2) is 5.78 Å². The lowest BCUT2D eigenvalue weighted by Crippen LogP contribution is -2.53. The number of carbonyl (C=O) groups excluding carboxylic acids is 1. The zero-order chi connectivity index (χ0) is 18.2. The molecule has 0 aromatic heterocycles. The highest BCUT2D eigenvalue weighted by molar-refractivity contribution is 5.90. The Balaban J connectivity index is 1.64. The van der Waals surface area contributed by atoms with Gasteiger partial charge in [-0.15, -0.1) is 0 Å². The van der Waals surface area contributed by atoms with E-state index in [1.807, 2.05) is 6.92 Å². The van der Waals surface area contributed by atoms with Crippen molar-refractivity contribution in [2.45, 2.75) is 78.3 Å². The summed E-state index contributed by atoms with van der Waals surface area (Å²) < 4.78 is 40.2. The molecule has 0 bridgehead atoms. The van der Waals surface area contributed by atoms with Gasteiger partial charge in [-0.25, -0.2) is 0 Å². The first-order valence-corrected chi connectivity index (χ1v) is 10.2. The molecule has 4 heteroatoms. The lowest BCUT2D eigenvalue weighted by Gasteiger charge is -2.60. The molecular formula is C21H31F3O. The second kappa shape index (κ2) is 5.48. The molecule has 0 heterocycles. The van der Waals surface area contributed by atoms with Crippen molar-refractivity contribution in [1.29, 1.82) is 0 Å². The van der Waals surface area contributed by atoms with Crippen molar-refractivity contribution in [2.24, 2.45) is 46.3 Å². The Labute approximate surface area is 149 Å². The topological polar surface area (TPSA) is 17.1 Å². The van der Waals surface area contributed by atoms with Crippen LogP contribution in [0.15, 0.2) is 0 Å². The van der Waals surface area contributed by atoms with Gasteiger partial charge in [0.25, 0.3) is 0 Å². The summed E-state index contributed by atoms with van der Waals surface area (Å²) in [6.45, 7) is 6.60. The predicted molar refractivity (Wildman–Crippen MR) is 90.8 cm³/mol. The van der Waals surface area contributed by atoms with Crippen molar-refractivity contribution in [3.05, 3.63) is 0 Å². The normalized spacial score (nSPS) is 53.1. The zero-order valence-electron chi connectivity index (χ0n) is 15.7. The molecule has 0 radical (unpaired) electrons. The summed E-state index contributed by atoms with van der Waals surface area (Å²) in [5.74, 6) is 0.0958. The molecule has 4 rings (SSSR count). The van der Waals surface area contributed by atoms with Gasteiger partial charge in [-0.05, 0) is 80.0 Å². The molecule has 142 valence electrons. The van der Waals surface area contributed by atoms with E-state index in [-0.39, 0.29) is 17.8 Å². The second-order valence-electron chi connectivity index (χ2n) is 10.2. The van der Waals surface area contributed by atoms with Crippen LogP contribution in [0.3, 0.4) is 0 Å². The van der Waals surface area contributed by atoms with Gasteiger partial charge in [-0.3, -0.25) is 4.79 Å². The molecule has 4 saturated carbocycles. The number of halogens is 3. The van der Waals surface area contributed by atoms with Crippen molar-refractivity contribution in [2.75, 3.05) is 0 Å². The fourth-order valence-electron chi connectivity index (χ4n) is 7.57. The molecule has 25 heavy (non-hydrogen) atoms. The van der Waals surface area contributed by atoms with Crippen LogP contribution in [0, 0.1) is 46.3 Å². The maximum absolute atomic E-state index is 13.4. The minimum atomic E-state index is -4.37. The van der Waals surface area contributed by atoms with Crippen molar-refractivity contribution in [3.8, 4) is 0 Å². The third-order valence-electron chi connectivity index (χ3n) is 9.08. The lowest BCUT2D eigenvalue weighted by atomic mass is 9.45. The number of fused-ring (bicyclic) bond motifs is 5. The number of Topliss-reactive ketones (excluding diaryl/α,β-unsaturated/α-hetero) is 1. The SMILES string of the molecule is CC1CC[C@@]2(C)C(CC[C@@H]3[C@H]2CC[C@]2(C)C(=O)C(C(F)(F)F)C[C@@H]32)C1. The molecule has 4 fully saturated rings. The first-order chi connectivity index (χ1) is 11.6. The Morgan fingerprint density at radius 2 is 1.68 bits per heavy atom. The number of ketones is 1. The van der Waals surface area contributed by atoms with Crippen LogP contribution in [-0.2, 0) is 4.79 Å². The molecule has 0 aromatic rings. The van der Waals surface area contributed by atoms with Crippen LogP contribution in [0.4, 0.5) is 13.2 Å². The van der Waals surface area contributed by atoms with E-state index in [2.05, 4.69) is 13.8 Å². The first kappa shape index (κ1) is 17.9. The van der Waals surface area contributed by atoms with E-state index in [4.69, 9.17) is 0 Å². The first-order valence-electron chi connectivity index (χ1n) is 10.2. The largest absolute Gasteiger partial charge is 0.398 e. The van der Waals surface area contributed by atoms with E-state index in [1.54, 1.807) is 0 Å². The van der Waals surface area contributed by atoms with Gasteiger partial charge in [0.05, 0.1) is 0 Å². The van der Waals surface area contributed by atoms with Crippen LogP contribution in [0.2, 0.25) is 0 Å². The summed E-state index contributed by atoms with van der Waals surface area (Å²) in [5.41, 5.74) is -0.442. The number of alkyl halides is 3. The molecule has 8 atom stereocenters.